The lowest BCUT2D eigenvalue weighted by atomic mass is 10.1. The lowest BCUT2D eigenvalue weighted by Crippen LogP contribution is -2.20. The summed E-state index contributed by atoms with van der Waals surface area (Å²) in [5.74, 6) is 0. The van der Waals surface area contributed by atoms with Crippen molar-refractivity contribution in [1.29, 1.82) is 0 Å². The maximum Gasteiger partial charge on any atom is 0.181 e. The van der Waals surface area contributed by atoms with Crippen LogP contribution >= 0.6 is 12.6 Å². The molecule has 0 radical (unpaired) electrons. The van der Waals surface area contributed by atoms with E-state index < -0.39 is 0 Å². The van der Waals surface area contributed by atoms with E-state index in [1.54, 1.807) is 6.26 Å². The predicted octanol–water partition coefficient (Wildman–Crippen LogP) is 2.71. The molecule has 0 fully saturated rings. The summed E-state index contributed by atoms with van der Waals surface area (Å²) in [4.78, 5) is 4.16. The Labute approximate surface area is 100 Å². The van der Waals surface area contributed by atoms with Crippen LogP contribution in [0, 0.1) is 0 Å². The van der Waals surface area contributed by atoms with Gasteiger partial charge in [-0.05, 0) is 12.5 Å². The molecular weight excluding hydrogens is 220 g/mol. The van der Waals surface area contributed by atoms with E-state index in [0.717, 1.165) is 17.8 Å². The summed E-state index contributed by atoms with van der Waals surface area (Å²) < 4.78 is 5.00. The number of nitrogens with zero attached hydrogens (tertiary/aromatic N) is 1. The van der Waals surface area contributed by atoms with Gasteiger partial charge >= 0.3 is 0 Å². The van der Waals surface area contributed by atoms with E-state index in [0.29, 0.717) is 0 Å². The van der Waals surface area contributed by atoms with E-state index in [2.05, 4.69) is 29.0 Å². The number of nitrogens with one attached hydrogen (secondary N) is 1. The Balaban J connectivity index is 2.24. The molecule has 0 spiro atoms. The summed E-state index contributed by atoms with van der Waals surface area (Å²) in [7, 11) is 0. The molecule has 1 atom stereocenters. The highest BCUT2D eigenvalue weighted by molar-refractivity contribution is 7.80. The third-order valence-corrected chi connectivity index (χ3v) is 2.50. The van der Waals surface area contributed by atoms with Crippen LogP contribution in [0.15, 0.2) is 41.3 Å². The average molecular weight is 234 g/mol. The molecular formula is C12H14N2OS. The quantitative estimate of drug-likeness (QED) is 0.631. The first-order chi connectivity index (χ1) is 7.77. The van der Waals surface area contributed by atoms with Crippen molar-refractivity contribution in [2.45, 2.75) is 18.8 Å². The van der Waals surface area contributed by atoms with Gasteiger partial charge in [0.1, 0.15) is 12.0 Å². The standard InChI is InChI=1S/C12H14N2OS/c1-9(16)13-6-10-4-2-3-5-11(10)12-7-15-8-14-12/h2-5,7-9,13,16H,6H2,1H3. The van der Waals surface area contributed by atoms with Crippen LogP contribution in [0.4, 0.5) is 0 Å². The van der Waals surface area contributed by atoms with Crippen molar-refractivity contribution in [2.24, 2.45) is 0 Å². The van der Waals surface area contributed by atoms with Crippen molar-refractivity contribution in [3.8, 4) is 11.3 Å². The topological polar surface area (TPSA) is 38.1 Å². The van der Waals surface area contributed by atoms with E-state index in [9.17, 15) is 0 Å². The molecule has 1 aromatic carbocycles. The van der Waals surface area contributed by atoms with Gasteiger partial charge in [-0.15, -0.1) is 0 Å². The SMILES string of the molecule is CC(S)NCc1ccccc1-c1cocn1. The van der Waals surface area contributed by atoms with Gasteiger partial charge < -0.3 is 9.73 Å². The number of oxazole rings is 1. The summed E-state index contributed by atoms with van der Waals surface area (Å²) in [5.41, 5.74) is 3.15. The van der Waals surface area contributed by atoms with Crippen LogP contribution in [0.3, 0.4) is 0 Å². The molecule has 2 rings (SSSR count). The zero-order valence-electron chi connectivity index (χ0n) is 9.05. The summed E-state index contributed by atoms with van der Waals surface area (Å²) in [6.45, 7) is 2.77. The molecule has 0 aliphatic heterocycles. The minimum atomic E-state index is 0.172. The largest absolute Gasteiger partial charge is 0.451 e. The normalized spacial score (nSPS) is 12.6. The fraction of sp³-hybridized carbons (Fsp3) is 0.250. The van der Waals surface area contributed by atoms with Crippen LogP contribution in [0.1, 0.15) is 12.5 Å². The van der Waals surface area contributed by atoms with E-state index >= 15 is 0 Å². The van der Waals surface area contributed by atoms with Gasteiger partial charge in [-0.25, -0.2) is 4.98 Å². The van der Waals surface area contributed by atoms with Crippen LogP contribution < -0.4 is 5.32 Å². The predicted molar refractivity (Wildman–Crippen MR) is 67.2 cm³/mol. The van der Waals surface area contributed by atoms with Gasteiger partial charge in [0.15, 0.2) is 6.39 Å². The summed E-state index contributed by atoms with van der Waals surface area (Å²) in [5, 5.41) is 3.44. The van der Waals surface area contributed by atoms with Gasteiger partial charge in [0.2, 0.25) is 0 Å². The molecule has 0 saturated carbocycles. The number of benzene rings is 1. The van der Waals surface area contributed by atoms with Crippen LogP contribution in [-0.2, 0) is 6.54 Å². The molecule has 0 aliphatic rings. The molecule has 1 unspecified atom stereocenters. The molecule has 4 heteroatoms. The number of rotatable bonds is 4. The van der Waals surface area contributed by atoms with E-state index in [1.165, 1.54) is 12.0 Å². The summed E-state index contributed by atoms with van der Waals surface area (Å²) >= 11 is 4.29. The first kappa shape index (κ1) is 11.2. The average Bonchev–Trinajstić information content (AvgIpc) is 2.80. The molecule has 2 aromatic rings. The Bertz CT molecular complexity index is 440. The first-order valence-corrected chi connectivity index (χ1v) is 5.67. The van der Waals surface area contributed by atoms with Gasteiger partial charge in [0.05, 0.1) is 0 Å². The lowest BCUT2D eigenvalue weighted by Gasteiger charge is -2.10. The van der Waals surface area contributed by atoms with Crippen molar-refractivity contribution in [1.82, 2.24) is 10.3 Å². The highest BCUT2D eigenvalue weighted by Crippen LogP contribution is 2.21. The Kier molecular flexibility index (Phi) is 3.64. The van der Waals surface area contributed by atoms with E-state index in [1.807, 2.05) is 25.1 Å². The van der Waals surface area contributed by atoms with Crippen molar-refractivity contribution in [3.63, 3.8) is 0 Å². The Morgan fingerprint density at radius 3 is 2.94 bits per heavy atom. The maximum absolute atomic E-state index is 5.00. The fourth-order valence-corrected chi connectivity index (χ4v) is 1.62. The monoisotopic (exact) mass is 234 g/mol. The van der Waals surface area contributed by atoms with E-state index in [-0.39, 0.29) is 5.37 Å². The third kappa shape index (κ3) is 2.65. The second-order valence-electron chi connectivity index (χ2n) is 3.59. The fourth-order valence-electron chi connectivity index (χ4n) is 1.53. The van der Waals surface area contributed by atoms with Crippen LogP contribution in [0.2, 0.25) is 0 Å². The van der Waals surface area contributed by atoms with Crippen LogP contribution in [0.5, 0.6) is 0 Å². The molecule has 1 N–H and O–H groups in total. The van der Waals surface area contributed by atoms with Crippen molar-refractivity contribution in [3.05, 3.63) is 42.5 Å². The van der Waals surface area contributed by atoms with Gasteiger partial charge in [-0.1, -0.05) is 24.3 Å². The molecule has 0 saturated heterocycles. The smallest absolute Gasteiger partial charge is 0.181 e. The zero-order chi connectivity index (χ0) is 11.4. The third-order valence-electron chi connectivity index (χ3n) is 2.31. The molecule has 0 amide bonds. The van der Waals surface area contributed by atoms with Gasteiger partial charge in [-0.2, -0.15) is 12.6 Å². The van der Waals surface area contributed by atoms with Crippen molar-refractivity contribution < 1.29 is 4.42 Å². The lowest BCUT2D eigenvalue weighted by molar-refractivity contribution is 0.558. The number of thiol groups is 1. The van der Waals surface area contributed by atoms with Crippen LogP contribution in [-0.4, -0.2) is 10.4 Å². The molecule has 0 aliphatic carbocycles. The van der Waals surface area contributed by atoms with E-state index in [4.69, 9.17) is 4.42 Å². The minimum Gasteiger partial charge on any atom is -0.451 e. The molecule has 1 heterocycles. The minimum absolute atomic E-state index is 0.172. The first-order valence-electron chi connectivity index (χ1n) is 5.15. The second-order valence-corrected chi connectivity index (χ2v) is 4.36. The molecule has 1 aromatic heterocycles. The highest BCUT2D eigenvalue weighted by atomic mass is 32.1. The Hall–Kier alpha value is -1.26. The maximum atomic E-state index is 5.00. The summed E-state index contributed by atoms with van der Waals surface area (Å²) in [6, 6.07) is 8.13. The zero-order valence-corrected chi connectivity index (χ0v) is 9.95. The molecule has 0 bridgehead atoms. The van der Waals surface area contributed by atoms with Gasteiger partial charge in [0, 0.05) is 17.5 Å². The molecule has 84 valence electrons. The number of hydrogen-bond acceptors (Lipinski definition) is 4. The van der Waals surface area contributed by atoms with Crippen molar-refractivity contribution in [2.75, 3.05) is 0 Å². The summed E-state index contributed by atoms with van der Waals surface area (Å²) in [6.07, 6.45) is 3.10. The van der Waals surface area contributed by atoms with Crippen molar-refractivity contribution >= 4 is 12.6 Å². The molecule has 3 nitrogen and oxygen atoms in total. The highest BCUT2D eigenvalue weighted by Gasteiger charge is 2.06. The van der Waals surface area contributed by atoms with Gasteiger partial charge in [-0.3, -0.25) is 0 Å². The number of aromatic nitrogens is 1. The molecule has 16 heavy (non-hydrogen) atoms. The Morgan fingerprint density at radius 1 is 1.44 bits per heavy atom. The van der Waals surface area contributed by atoms with Gasteiger partial charge in [0.25, 0.3) is 0 Å². The second kappa shape index (κ2) is 5.18. The van der Waals surface area contributed by atoms with Crippen LogP contribution in [0.25, 0.3) is 11.3 Å². The number of hydrogen-bond donors (Lipinski definition) is 2. The Morgan fingerprint density at radius 2 is 2.25 bits per heavy atom.